The average Bonchev–Trinajstić information content (AvgIpc) is 2.40. The van der Waals surface area contributed by atoms with Gasteiger partial charge in [0.05, 0.1) is 5.02 Å². The molecule has 0 aliphatic rings. The Morgan fingerprint density at radius 1 is 1.35 bits per heavy atom. The Labute approximate surface area is 128 Å². The maximum absolute atomic E-state index is 6.10. The Bertz CT molecular complexity index is 617. The molecule has 0 spiro atoms. The molecular formula is C15H17ClN2OS. The number of hydrogen-bond donors (Lipinski definition) is 1. The highest BCUT2D eigenvalue weighted by Crippen LogP contribution is 2.33. The number of aromatic nitrogens is 1. The lowest BCUT2D eigenvalue weighted by Crippen LogP contribution is -2.07. The van der Waals surface area contributed by atoms with Crippen molar-refractivity contribution >= 4 is 23.4 Å². The molecule has 0 radical (unpaired) electrons. The average molecular weight is 309 g/mol. The van der Waals surface area contributed by atoms with E-state index in [0.29, 0.717) is 0 Å². The third kappa shape index (κ3) is 3.45. The predicted octanol–water partition coefficient (Wildman–Crippen LogP) is 4.58. The van der Waals surface area contributed by atoms with E-state index in [1.165, 1.54) is 0 Å². The van der Waals surface area contributed by atoms with Crippen LogP contribution in [0.5, 0.6) is 11.5 Å². The van der Waals surface area contributed by atoms with Gasteiger partial charge in [-0.1, -0.05) is 11.6 Å². The van der Waals surface area contributed by atoms with Crippen LogP contribution >= 0.6 is 23.4 Å². The minimum absolute atomic E-state index is 0.134. The molecule has 0 aliphatic heterocycles. The number of aryl methyl sites for hydroxylation is 1. The second kappa shape index (κ2) is 6.48. The van der Waals surface area contributed by atoms with Crippen LogP contribution in [0.15, 0.2) is 35.4 Å². The van der Waals surface area contributed by atoms with Crippen LogP contribution in [0.2, 0.25) is 5.02 Å². The quantitative estimate of drug-likeness (QED) is 0.840. The minimum Gasteiger partial charge on any atom is -0.457 e. The van der Waals surface area contributed by atoms with Crippen LogP contribution in [0.1, 0.15) is 24.2 Å². The predicted molar refractivity (Wildman–Crippen MR) is 84.9 cm³/mol. The Morgan fingerprint density at radius 3 is 2.75 bits per heavy atom. The highest BCUT2D eigenvalue weighted by Gasteiger charge is 2.11. The van der Waals surface area contributed by atoms with E-state index < -0.39 is 0 Å². The van der Waals surface area contributed by atoms with Crippen molar-refractivity contribution in [2.45, 2.75) is 24.8 Å². The monoisotopic (exact) mass is 308 g/mol. The summed E-state index contributed by atoms with van der Waals surface area (Å²) in [6.45, 7) is 3.83. The normalized spacial score (nSPS) is 12.2. The highest BCUT2D eigenvalue weighted by atomic mass is 35.5. The van der Waals surface area contributed by atoms with Crippen molar-refractivity contribution in [1.29, 1.82) is 0 Å². The first-order valence-corrected chi connectivity index (χ1v) is 7.85. The molecule has 1 atom stereocenters. The van der Waals surface area contributed by atoms with Gasteiger partial charge in [-0.05, 0) is 38.3 Å². The van der Waals surface area contributed by atoms with Crippen molar-refractivity contribution in [3.63, 3.8) is 0 Å². The summed E-state index contributed by atoms with van der Waals surface area (Å²) in [6.07, 6.45) is 3.75. The van der Waals surface area contributed by atoms with Crippen LogP contribution in [0.4, 0.5) is 0 Å². The molecule has 0 saturated carbocycles. The molecule has 1 unspecified atom stereocenters. The highest BCUT2D eigenvalue weighted by molar-refractivity contribution is 7.98. The standard InChI is InChI=1S/C15H17ClN2OS/c1-9-6-14(12(8-18-9)10(2)17)19-11-4-5-13(16)15(7-11)20-3/h4-8,10H,17H2,1-3H3. The summed E-state index contributed by atoms with van der Waals surface area (Å²) in [7, 11) is 0. The van der Waals surface area contributed by atoms with Gasteiger partial charge in [0.25, 0.3) is 0 Å². The van der Waals surface area contributed by atoms with Gasteiger partial charge in [0.2, 0.25) is 0 Å². The van der Waals surface area contributed by atoms with Gasteiger partial charge in [-0.15, -0.1) is 11.8 Å². The van der Waals surface area contributed by atoms with Gasteiger partial charge < -0.3 is 10.5 Å². The number of nitrogens with zero attached hydrogens (tertiary/aromatic N) is 1. The first-order chi connectivity index (χ1) is 9.51. The largest absolute Gasteiger partial charge is 0.457 e. The topological polar surface area (TPSA) is 48.1 Å². The number of halogens is 1. The number of benzene rings is 1. The molecule has 5 heteroatoms. The summed E-state index contributed by atoms with van der Waals surface area (Å²) in [5, 5.41) is 0.725. The molecule has 1 aromatic carbocycles. The number of hydrogen-bond acceptors (Lipinski definition) is 4. The SMILES string of the molecule is CSc1cc(Oc2cc(C)ncc2C(C)N)ccc1Cl. The molecule has 2 rings (SSSR count). The summed E-state index contributed by atoms with van der Waals surface area (Å²) < 4.78 is 5.96. The Kier molecular flexibility index (Phi) is 4.91. The molecule has 0 saturated heterocycles. The third-order valence-corrected chi connectivity index (χ3v) is 4.09. The van der Waals surface area contributed by atoms with Crippen molar-refractivity contribution in [1.82, 2.24) is 4.98 Å². The van der Waals surface area contributed by atoms with Crippen molar-refractivity contribution in [2.24, 2.45) is 5.73 Å². The van der Waals surface area contributed by atoms with Gasteiger partial charge >= 0.3 is 0 Å². The van der Waals surface area contributed by atoms with Crippen molar-refractivity contribution < 1.29 is 4.74 Å². The lowest BCUT2D eigenvalue weighted by atomic mass is 10.1. The van der Waals surface area contributed by atoms with Gasteiger partial charge in [0.15, 0.2) is 0 Å². The van der Waals surface area contributed by atoms with Gasteiger partial charge in [0.1, 0.15) is 11.5 Å². The molecule has 0 fully saturated rings. The number of pyridine rings is 1. The molecule has 0 amide bonds. The van der Waals surface area contributed by atoms with Gasteiger partial charge in [0, 0.05) is 34.5 Å². The summed E-state index contributed by atoms with van der Waals surface area (Å²) >= 11 is 7.68. The van der Waals surface area contributed by atoms with Crippen LogP contribution in [0.25, 0.3) is 0 Å². The third-order valence-electron chi connectivity index (χ3n) is 2.87. The maximum atomic E-state index is 6.10. The number of nitrogens with two attached hydrogens (primary N) is 1. The van der Waals surface area contributed by atoms with Crippen LogP contribution in [-0.2, 0) is 0 Å². The van der Waals surface area contributed by atoms with E-state index >= 15 is 0 Å². The number of ether oxygens (including phenoxy) is 1. The van der Waals surface area contributed by atoms with Gasteiger partial charge in [-0.3, -0.25) is 4.98 Å². The number of rotatable bonds is 4. The molecule has 2 aromatic rings. The van der Waals surface area contributed by atoms with E-state index in [0.717, 1.165) is 32.7 Å². The summed E-state index contributed by atoms with van der Waals surface area (Å²) in [5.41, 5.74) is 7.73. The molecule has 3 nitrogen and oxygen atoms in total. The van der Waals surface area contributed by atoms with Crippen LogP contribution in [0, 0.1) is 6.92 Å². The van der Waals surface area contributed by atoms with Crippen molar-refractivity contribution in [3.05, 3.63) is 46.7 Å². The first kappa shape index (κ1) is 15.2. The second-order valence-corrected chi connectivity index (χ2v) is 5.81. The zero-order valence-electron chi connectivity index (χ0n) is 11.7. The fraction of sp³-hybridized carbons (Fsp3) is 0.267. The van der Waals surface area contributed by atoms with E-state index in [4.69, 9.17) is 22.1 Å². The lowest BCUT2D eigenvalue weighted by molar-refractivity contribution is 0.469. The maximum Gasteiger partial charge on any atom is 0.135 e. The lowest BCUT2D eigenvalue weighted by Gasteiger charge is -2.14. The van der Waals surface area contributed by atoms with Crippen molar-refractivity contribution in [3.8, 4) is 11.5 Å². The van der Waals surface area contributed by atoms with Crippen molar-refractivity contribution in [2.75, 3.05) is 6.26 Å². The molecule has 0 aliphatic carbocycles. The van der Waals surface area contributed by atoms with E-state index in [1.54, 1.807) is 18.0 Å². The van der Waals surface area contributed by atoms with Crippen LogP contribution in [-0.4, -0.2) is 11.2 Å². The van der Waals surface area contributed by atoms with Gasteiger partial charge in [-0.2, -0.15) is 0 Å². The molecular weight excluding hydrogens is 292 g/mol. The smallest absolute Gasteiger partial charge is 0.135 e. The number of thioether (sulfide) groups is 1. The Morgan fingerprint density at radius 2 is 2.10 bits per heavy atom. The summed E-state index contributed by atoms with van der Waals surface area (Å²) in [4.78, 5) is 5.25. The summed E-state index contributed by atoms with van der Waals surface area (Å²) in [6, 6.07) is 7.37. The van der Waals surface area contributed by atoms with Gasteiger partial charge in [-0.25, -0.2) is 0 Å². The van der Waals surface area contributed by atoms with E-state index in [2.05, 4.69) is 4.98 Å². The van der Waals surface area contributed by atoms with E-state index in [-0.39, 0.29) is 6.04 Å². The molecule has 2 N–H and O–H groups in total. The Hall–Kier alpha value is -1.23. The second-order valence-electron chi connectivity index (χ2n) is 4.55. The van der Waals surface area contributed by atoms with Crippen LogP contribution in [0.3, 0.4) is 0 Å². The minimum atomic E-state index is -0.134. The summed E-state index contributed by atoms with van der Waals surface area (Å²) in [5.74, 6) is 1.48. The molecule has 0 bridgehead atoms. The molecule has 1 heterocycles. The van der Waals surface area contributed by atoms with E-state index in [9.17, 15) is 0 Å². The fourth-order valence-electron chi connectivity index (χ4n) is 1.81. The van der Waals surface area contributed by atoms with E-state index in [1.807, 2.05) is 44.4 Å². The van der Waals surface area contributed by atoms with Crippen LogP contribution < -0.4 is 10.5 Å². The molecule has 106 valence electrons. The Balaban J connectivity index is 2.36. The zero-order valence-corrected chi connectivity index (χ0v) is 13.3. The molecule has 20 heavy (non-hydrogen) atoms. The fourth-order valence-corrected chi connectivity index (χ4v) is 2.65. The first-order valence-electron chi connectivity index (χ1n) is 6.24. The zero-order chi connectivity index (χ0) is 14.7. The molecule has 1 aromatic heterocycles.